The molecule has 0 spiro atoms. The minimum Gasteiger partial charge on any atom is -0.314 e. The first kappa shape index (κ1) is 9.55. The van der Waals surface area contributed by atoms with Gasteiger partial charge in [0.15, 0.2) is 0 Å². The molecule has 4 nitrogen and oxygen atoms in total. The molecule has 4 heteroatoms. The summed E-state index contributed by atoms with van der Waals surface area (Å²) in [6, 6.07) is 0. The second-order valence-corrected chi connectivity index (χ2v) is 3.61. The van der Waals surface area contributed by atoms with Crippen LogP contribution in [0.15, 0.2) is 12.4 Å². The van der Waals surface area contributed by atoms with Gasteiger partial charge in [0, 0.05) is 45.1 Å². The zero-order valence-electron chi connectivity index (χ0n) is 8.53. The predicted molar refractivity (Wildman–Crippen MR) is 54.9 cm³/mol. The van der Waals surface area contributed by atoms with Crippen molar-refractivity contribution in [3.8, 4) is 0 Å². The Morgan fingerprint density at radius 1 is 1.29 bits per heavy atom. The summed E-state index contributed by atoms with van der Waals surface area (Å²) < 4.78 is 0. The summed E-state index contributed by atoms with van der Waals surface area (Å²) in [5.41, 5.74) is 2.15. The number of nitrogens with one attached hydrogen (secondary N) is 1. The molecule has 1 saturated heterocycles. The number of rotatable bonds is 2. The molecule has 76 valence electrons. The van der Waals surface area contributed by atoms with Crippen molar-refractivity contribution >= 4 is 0 Å². The SMILES string of the molecule is Cc1nccnc1CN1CCNCC1. The van der Waals surface area contributed by atoms with E-state index in [1.807, 2.05) is 6.92 Å². The van der Waals surface area contributed by atoms with Crippen LogP contribution in [0.25, 0.3) is 0 Å². The van der Waals surface area contributed by atoms with Gasteiger partial charge in [-0.05, 0) is 6.92 Å². The summed E-state index contributed by atoms with van der Waals surface area (Å²) in [5.74, 6) is 0. The highest BCUT2D eigenvalue weighted by atomic mass is 15.2. The molecule has 1 aromatic heterocycles. The number of hydrogen-bond acceptors (Lipinski definition) is 4. The zero-order valence-corrected chi connectivity index (χ0v) is 8.53. The topological polar surface area (TPSA) is 41.1 Å². The summed E-state index contributed by atoms with van der Waals surface area (Å²) in [5, 5.41) is 3.34. The van der Waals surface area contributed by atoms with E-state index in [0.717, 1.165) is 44.1 Å². The van der Waals surface area contributed by atoms with E-state index in [4.69, 9.17) is 0 Å². The second-order valence-electron chi connectivity index (χ2n) is 3.61. The first-order valence-electron chi connectivity index (χ1n) is 5.06. The molecule has 0 amide bonds. The third kappa shape index (κ3) is 2.27. The van der Waals surface area contributed by atoms with E-state index in [2.05, 4.69) is 20.2 Å². The van der Waals surface area contributed by atoms with Gasteiger partial charge in [0.1, 0.15) is 0 Å². The molecule has 0 aliphatic carbocycles. The highest BCUT2D eigenvalue weighted by Gasteiger charge is 2.11. The molecule has 2 rings (SSSR count). The van der Waals surface area contributed by atoms with Gasteiger partial charge in [-0.2, -0.15) is 0 Å². The van der Waals surface area contributed by atoms with Crippen LogP contribution in [0.1, 0.15) is 11.4 Å². The molecular weight excluding hydrogens is 176 g/mol. The molecule has 2 heterocycles. The quantitative estimate of drug-likeness (QED) is 0.726. The van der Waals surface area contributed by atoms with Gasteiger partial charge in [-0.3, -0.25) is 14.9 Å². The fraction of sp³-hybridized carbons (Fsp3) is 0.600. The van der Waals surface area contributed by atoms with E-state index < -0.39 is 0 Å². The second kappa shape index (κ2) is 4.48. The van der Waals surface area contributed by atoms with Crippen LogP contribution in [-0.2, 0) is 6.54 Å². The molecular formula is C10H16N4. The molecule has 0 saturated carbocycles. The molecule has 14 heavy (non-hydrogen) atoms. The summed E-state index contributed by atoms with van der Waals surface area (Å²) in [7, 11) is 0. The smallest absolute Gasteiger partial charge is 0.0756 e. The van der Waals surface area contributed by atoms with Gasteiger partial charge in [-0.25, -0.2) is 0 Å². The van der Waals surface area contributed by atoms with Crippen molar-refractivity contribution in [1.82, 2.24) is 20.2 Å². The van der Waals surface area contributed by atoms with Gasteiger partial charge in [0.25, 0.3) is 0 Å². The van der Waals surface area contributed by atoms with Crippen molar-refractivity contribution in [2.24, 2.45) is 0 Å². The zero-order chi connectivity index (χ0) is 9.80. The van der Waals surface area contributed by atoms with Crippen LogP contribution in [0, 0.1) is 6.92 Å². The van der Waals surface area contributed by atoms with E-state index in [9.17, 15) is 0 Å². The van der Waals surface area contributed by atoms with Gasteiger partial charge >= 0.3 is 0 Å². The maximum atomic E-state index is 4.35. The van der Waals surface area contributed by atoms with Crippen molar-refractivity contribution in [1.29, 1.82) is 0 Å². The average molecular weight is 192 g/mol. The Balaban J connectivity index is 1.99. The van der Waals surface area contributed by atoms with Crippen molar-refractivity contribution in [3.05, 3.63) is 23.8 Å². The van der Waals surface area contributed by atoms with Crippen LogP contribution in [0.5, 0.6) is 0 Å². The number of aromatic nitrogens is 2. The standard InChI is InChI=1S/C10H16N4/c1-9-10(13-3-2-12-9)8-14-6-4-11-5-7-14/h2-3,11H,4-8H2,1H3. The van der Waals surface area contributed by atoms with Crippen LogP contribution in [-0.4, -0.2) is 41.0 Å². The molecule has 0 radical (unpaired) electrons. The highest BCUT2D eigenvalue weighted by molar-refractivity contribution is 5.08. The minimum atomic E-state index is 0.932. The lowest BCUT2D eigenvalue weighted by molar-refractivity contribution is 0.230. The molecule has 0 bridgehead atoms. The third-order valence-corrected chi connectivity index (χ3v) is 2.57. The Hall–Kier alpha value is -1.00. The summed E-state index contributed by atoms with van der Waals surface area (Å²) in [6.45, 7) is 7.33. The van der Waals surface area contributed by atoms with E-state index in [0.29, 0.717) is 0 Å². The van der Waals surface area contributed by atoms with Crippen molar-refractivity contribution in [2.45, 2.75) is 13.5 Å². The summed E-state index contributed by atoms with van der Waals surface area (Å²) in [6.07, 6.45) is 3.52. The molecule has 0 aromatic carbocycles. The largest absolute Gasteiger partial charge is 0.314 e. The average Bonchev–Trinajstić information content (AvgIpc) is 2.23. The molecule has 1 aromatic rings. The van der Waals surface area contributed by atoms with Crippen molar-refractivity contribution in [2.75, 3.05) is 26.2 Å². The third-order valence-electron chi connectivity index (χ3n) is 2.57. The van der Waals surface area contributed by atoms with Crippen LogP contribution in [0.2, 0.25) is 0 Å². The molecule has 1 aliphatic rings. The van der Waals surface area contributed by atoms with Crippen LogP contribution < -0.4 is 5.32 Å². The maximum absolute atomic E-state index is 4.35. The number of nitrogens with zero attached hydrogens (tertiary/aromatic N) is 3. The molecule has 1 fully saturated rings. The molecule has 0 atom stereocenters. The summed E-state index contributed by atoms with van der Waals surface area (Å²) >= 11 is 0. The Kier molecular flexibility index (Phi) is 3.06. The minimum absolute atomic E-state index is 0.932. The normalized spacial score (nSPS) is 18.4. The number of piperazine rings is 1. The first-order valence-corrected chi connectivity index (χ1v) is 5.06. The Morgan fingerprint density at radius 3 is 2.71 bits per heavy atom. The number of hydrogen-bond donors (Lipinski definition) is 1. The number of aryl methyl sites for hydroxylation is 1. The lowest BCUT2D eigenvalue weighted by Gasteiger charge is -2.26. The van der Waals surface area contributed by atoms with Crippen molar-refractivity contribution in [3.63, 3.8) is 0 Å². The van der Waals surface area contributed by atoms with Crippen LogP contribution >= 0.6 is 0 Å². The fourth-order valence-electron chi connectivity index (χ4n) is 1.67. The van der Waals surface area contributed by atoms with Gasteiger partial charge < -0.3 is 5.32 Å². The maximum Gasteiger partial charge on any atom is 0.0756 e. The Bertz CT molecular complexity index is 294. The van der Waals surface area contributed by atoms with Crippen LogP contribution in [0.3, 0.4) is 0 Å². The lowest BCUT2D eigenvalue weighted by Crippen LogP contribution is -2.43. The van der Waals surface area contributed by atoms with Crippen LogP contribution in [0.4, 0.5) is 0 Å². The molecule has 1 aliphatic heterocycles. The lowest BCUT2D eigenvalue weighted by atomic mass is 10.2. The van der Waals surface area contributed by atoms with Gasteiger partial charge in [-0.1, -0.05) is 0 Å². The molecule has 1 N–H and O–H groups in total. The van der Waals surface area contributed by atoms with Gasteiger partial charge in [0.05, 0.1) is 11.4 Å². The Labute approximate surface area is 84.4 Å². The van der Waals surface area contributed by atoms with E-state index in [1.54, 1.807) is 12.4 Å². The van der Waals surface area contributed by atoms with E-state index in [-0.39, 0.29) is 0 Å². The van der Waals surface area contributed by atoms with E-state index >= 15 is 0 Å². The monoisotopic (exact) mass is 192 g/mol. The predicted octanol–water partition coefficient (Wildman–Crippen LogP) is 0.190. The molecule has 0 unspecified atom stereocenters. The summed E-state index contributed by atoms with van der Waals surface area (Å²) in [4.78, 5) is 11.0. The van der Waals surface area contributed by atoms with Crippen molar-refractivity contribution < 1.29 is 0 Å². The van der Waals surface area contributed by atoms with Gasteiger partial charge in [0.2, 0.25) is 0 Å². The fourth-order valence-corrected chi connectivity index (χ4v) is 1.67. The highest BCUT2D eigenvalue weighted by Crippen LogP contribution is 2.05. The van der Waals surface area contributed by atoms with E-state index in [1.165, 1.54) is 0 Å². The van der Waals surface area contributed by atoms with Gasteiger partial charge in [-0.15, -0.1) is 0 Å². The Morgan fingerprint density at radius 2 is 2.00 bits per heavy atom. The first-order chi connectivity index (χ1) is 6.86.